The lowest BCUT2D eigenvalue weighted by atomic mass is 10.0. The number of rotatable bonds is 4. The van der Waals surface area contributed by atoms with Crippen LogP contribution in [0.1, 0.15) is 50.6 Å². The maximum Gasteiger partial charge on any atom is 0.338 e. The van der Waals surface area contributed by atoms with Crippen LogP contribution in [0.25, 0.3) is 0 Å². The van der Waals surface area contributed by atoms with Crippen molar-refractivity contribution in [3.63, 3.8) is 0 Å². The number of carbonyl (C=O) groups excluding carboxylic acids is 2. The number of hydrogen-bond acceptors (Lipinski definition) is 5. The Labute approximate surface area is 156 Å². The number of fused-ring (bicyclic) bond motifs is 1. The molecule has 3 aromatic rings. The minimum absolute atomic E-state index is 0.188. The van der Waals surface area contributed by atoms with Gasteiger partial charge in [0, 0.05) is 29.3 Å². The lowest BCUT2D eigenvalue weighted by Gasteiger charge is -2.26. The third-order valence-electron chi connectivity index (χ3n) is 4.60. The van der Waals surface area contributed by atoms with Gasteiger partial charge in [-0.25, -0.2) is 4.79 Å². The molecule has 0 bridgehead atoms. The van der Waals surface area contributed by atoms with Gasteiger partial charge in [-0.15, -0.1) is 0 Å². The van der Waals surface area contributed by atoms with E-state index >= 15 is 0 Å². The molecule has 1 aromatic carbocycles. The first-order valence-electron chi connectivity index (χ1n) is 8.67. The number of nitrogens with zero attached hydrogens (tertiary/aromatic N) is 3. The van der Waals surface area contributed by atoms with Crippen molar-refractivity contribution in [3.05, 3.63) is 76.9 Å². The van der Waals surface area contributed by atoms with E-state index in [1.54, 1.807) is 48.5 Å². The number of aromatic amines is 1. The molecule has 1 atom stereocenters. The molecular weight excluding hydrogens is 344 g/mol. The molecule has 0 spiro atoms. The van der Waals surface area contributed by atoms with Crippen molar-refractivity contribution in [2.24, 2.45) is 0 Å². The molecule has 1 aliphatic heterocycles. The Bertz CT molecular complexity index is 996. The van der Waals surface area contributed by atoms with Crippen LogP contribution < -0.4 is 4.90 Å². The standard InChI is InChI=1S/C20H18N4O3/c1-3-27-20(26)13-6-8-15(9-7-13)24-18(14-5-4-10-21-11-14)16-12(2)22-23-17(16)19(24)25/h4-11,18H,3H2,1-2H3,(H,22,23)/t18-/m0/s1. The van der Waals surface area contributed by atoms with Gasteiger partial charge >= 0.3 is 5.97 Å². The maximum absolute atomic E-state index is 13.0. The molecule has 0 radical (unpaired) electrons. The van der Waals surface area contributed by atoms with Crippen LogP contribution >= 0.6 is 0 Å². The van der Waals surface area contributed by atoms with Gasteiger partial charge in [-0.05, 0) is 49.7 Å². The summed E-state index contributed by atoms with van der Waals surface area (Å²) in [5, 5.41) is 7.09. The monoisotopic (exact) mass is 362 g/mol. The second-order valence-electron chi connectivity index (χ2n) is 6.24. The quantitative estimate of drug-likeness (QED) is 0.721. The summed E-state index contributed by atoms with van der Waals surface area (Å²) in [5.74, 6) is -0.573. The smallest absolute Gasteiger partial charge is 0.338 e. The van der Waals surface area contributed by atoms with Crippen LogP contribution in [0.3, 0.4) is 0 Å². The van der Waals surface area contributed by atoms with E-state index in [9.17, 15) is 9.59 Å². The molecule has 136 valence electrons. The van der Waals surface area contributed by atoms with Crippen molar-refractivity contribution in [2.75, 3.05) is 11.5 Å². The molecule has 1 amide bonds. The summed E-state index contributed by atoms with van der Waals surface area (Å²) >= 11 is 0. The van der Waals surface area contributed by atoms with Crippen LogP contribution in [0.4, 0.5) is 5.69 Å². The van der Waals surface area contributed by atoms with Gasteiger partial charge in [0.05, 0.1) is 18.2 Å². The summed E-state index contributed by atoms with van der Waals surface area (Å²) in [6.07, 6.45) is 3.45. The predicted octanol–water partition coefficient (Wildman–Crippen LogP) is 3.04. The van der Waals surface area contributed by atoms with E-state index in [-0.39, 0.29) is 17.9 Å². The van der Waals surface area contributed by atoms with Crippen LogP contribution in [0.15, 0.2) is 48.8 Å². The minimum atomic E-state index is -0.385. The zero-order chi connectivity index (χ0) is 19.0. The Morgan fingerprint density at radius 1 is 1.26 bits per heavy atom. The maximum atomic E-state index is 13.0. The fraction of sp³-hybridized carbons (Fsp3) is 0.200. The highest BCUT2D eigenvalue weighted by Crippen LogP contribution is 2.41. The van der Waals surface area contributed by atoms with E-state index in [4.69, 9.17) is 4.74 Å². The van der Waals surface area contributed by atoms with Gasteiger partial charge in [-0.2, -0.15) is 5.10 Å². The lowest BCUT2D eigenvalue weighted by Crippen LogP contribution is -2.29. The number of nitrogens with one attached hydrogen (secondary N) is 1. The van der Waals surface area contributed by atoms with Crippen molar-refractivity contribution in [1.82, 2.24) is 15.2 Å². The molecule has 7 heteroatoms. The molecule has 3 heterocycles. The summed E-state index contributed by atoms with van der Waals surface area (Å²) in [4.78, 5) is 30.8. The van der Waals surface area contributed by atoms with E-state index in [1.807, 2.05) is 19.1 Å². The fourth-order valence-corrected chi connectivity index (χ4v) is 3.39. The number of esters is 1. The molecule has 0 saturated carbocycles. The van der Waals surface area contributed by atoms with E-state index < -0.39 is 0 Å². The van der Waals surface area contributed by atoms with E-state index in [2.05, 4.69) is 15.2 Å². The Morgan fingerprint density at radius 3 is 2.70 bits per heavy atom. The predicted molar refractivity (Wildman–Crippen MR) is 98.6 cm³/mol. The number of benzene rings is 1. The minimum Gasteiger partial charge on any atom is -0.462 e. The highest BCUT2D eigenvalue weighted by atomic mass is 16.5. The van der Waals surface area contributed by atoms with Gasteiger partial charge in [0.15, 0.2) is 5.69 Å². The Kier molecular flexibility index (Phi) is 4.19. The van der Waals surface area contributed by atoms with Crippen LogP contribution in [0.2, 0.25) is 0 Å². The summed E-state index contributed by atoms with van der Waals surface area (Å²) < 4.78 is 5.02. The van der Waals surface area contributed by atoms with Gasteiger partial charge in [0.1, 0.15) is 0 Å². The topological polar surface area (TPSA) is 88.2 Å². The van der Waals surface area contributed by atoms with Gasteiger partial charge in [-0.1, -0.05) is 6.07 Å². The summed E-state index contributed by atoms with van der Waals surface area (Å²) in [6.45, 7) is 3.97. The number of anilines is 1. The first-order valence-corrected chi connectivity index (χ1v) is 8.67. The second kappa shape index (κ2) is 6.68. The van der Waals surface area contributed by atoms with Gasteiger partial charge < -0.3 is 4.74 Å². The van der Waals surface area contributed by atoms with Crippen molar-refractivity contribution in [1.29, 1.82) is 0 Å². The number of H-pyrrole nitrogens is 1. The SMILES string of the molecule is CCOC(=O)c1ccc(N2C(=O)c3n[nH]c(C)c3[C@@H]2c2cccnc2)cc1. The molecular formula is C20H18N4O3. The second-order valence-corrected chi connectivity index (χ2v) is 6.24. The van der Waals surface area contributed by atoms with Crippen molar-refractivity contribution >= 4 is 17.6 Å². The molecule has 0 fully saturated rings. The third kappa shape index (κ3) is 2.77. The lowest BCUT2D eigenvalue weighted by molar-refractivity contribution is 0.0526. The first-order chi connectivity index (χ1) is 13.1. The van der Waals surface area contributed by atoms with Gasteiger partial charge in [-0.3, -0.25) is 19.8 Å². The number of aryl methyl sites for hydroxylation is 1. The average Bonchev–Trinajstić information content (AvgIpc) is 3.21. The van der Waals surface area contributed by atoms with Crippen LogP contribution in [0.5, 0.6) is 0 Å². The number of hydrogen-bond donors (Lipinski definition) is 1. The van der Waals surface area contributed by atoms with Crippen LogP contribution in [-0.4, -0.2) is 33.7 Å². The molecule has 0 aliphatic carbocycles. The molecule has 1 N–H and O–H groups in total. The molecule has 1 aliphatic rings. The normalized spacial score (nSPS) is 15.7. The van der Waals surface area contributed by atoms with Crippen molar-refractivity contribution < 1.29 is 14.3 Å². The molecule has 7 nitrogen and oxygen atoms in total. The third-order valence-corrected chi connectivity index (χ3v) is 4.60. The molecule has 27 heavy (non-hydrogen) atoms. The highest BCUT2D eigenvalue weighted by Gasteiger charge is 2.42. The largest absolute Gasteiger partial charge is 0.462 e. The zero-order valence-electron chi connectivity index (χ0n) is 15.0. The molecule has 2 aromatic heterocycles. The highest BCUT2D eigenvalue weighted by molar-refractivity contribution is 6.10. The van der Waals surface area contributed by atoms with E-state index in [0.29, 0.717) is 23.6 Å². The molecule has 0 unspecified atom stereocenters. The number of carbonyl (C=O) groups is 2. The Hall–Kier alpha value is -3.48. The van der Waals surface area contributed by atoms with Crippen LogP contribution in [-0.2, 0) is 4.74 Å². The number of ether oxygens (including phenoxy) is 1. The van der Waals surface area contributed by atoms with Gasteiger partial charge in [0.25, 0.3) is 5.91 Å². The number of pyridine rings is 1. The molecule has 0 saturated heterocycles. The summed E-state index contributed by atoms with van der Waals surface area (Å²) in [6, 6.07) is 10.3. The van der Waals surface area contributed by atoms with Crippen molar-refractivity contribution in [2.45, 2.75) is 19.9 Å². The summed E-state index contributed by atoms with van der Waals surface area (Å²) in [5.41, 5.74) is 4.12. The summed E-state index contributed by atoms with van der Waals surface area (Å²) in [7, 11) is 0. The average molecular weight is 362 g/mol. The fourth-order valence-electron chi connectivity index (χ4n) is 3.39. The number of amides is 1. The van der Waals surface area contributed by atoms with E-state index in [1.165, 1.54) is 0 Å². The number of aromatic nitrogens is 3. The van der Waals surface area contributed by atoms with E-state index in [0.717, 1.165) is 16.8 Å². The van der Waals surface area contributed by atoms with Gasteiger partial charge in [0.2, 0.25) is 0 Å². The Morgan fingerprint density at radius 2 is 2.04 bits per heavy atom. The first kappa shape index (κ1) is 17.0. The van der Waals surface area contributed by atoms with Crippen LogP contribution in [0, 0.1) is 6.92 Å². The zero-order valence-corrected chi connectivity index (χ0v) is 15.0. The van der Waals surface area contributed by atoms with Crippen molar-refractivity contribution in [3.8, 4) is 0 Å². The Balaban J connectivity index is 1.77. The molecule has 4 rings (SSSR count).